The van der Waals surface area contributed by atoms with Crippen LogP contribution in [0.15, 0.2) is 54.6 Å². The minimum Gasteiger partial charge on any atom is -0.439 e. The van der Waals surface area contributed by atoms with Crippen LogP contribution in [0.25, 0.3) is 10.1 Å². The molecule has 192 valence electrons. The first kappa shape index (κ1) is 25.8. The van der Waals surface area contributed by atoms with E-state index in [1.165, 1.54) is 28.0 Å². The number of hydrogen-bond donors (Lipinski definition) is 1. The van der Waals surface area contributed by atoms with Gasteiger partial charge in [0.15, 0.2) is 0 Å². The number of sulfonamides is 1. The number of halogens is 2. The lowest BCUT2D eigenvalue weighted by molar-refractivity contribution is 0.103. The predicted octanol–water partition coefficient (Wildman–Crippen LogP) is 7.10. The zero-order valence-corrected chi connectivity index (χ0v) is 23.4. The number of amides is 1. The highest BCUT2D eigenvalue weighted by atomic mass is 35.5. The van der Waals surface area contributed by atoms with E-state index in [0.29, 0.717) is 40.0 Å². The fraction of sp³-hybridized carbons (Fsp3) is 0.231. The Morgan fingerprint density at radius 2 is 1.84 bits per heavy atom. The van der Waals surface area contributed by atoms with Gasteiger partial charge < -0.3 is 10.1 Å². The van der Waals surface area contributed by atoms with Gasteiger partial charge in [-0.05, 0) is 71.3 Å². The number of aromatic nitrogens is 1. The van der Waals surface area contributed by atoms with Crippen LogP contribution in [0.1, 0.15) is 35.5 Å². The number of anilines is 2. The smallest absolute Gasteiger partial charge is 0.265 e. The number of carbonyl (C=O) groups is 1. The second-order valence-corrected chi connectivity index (χ2v) is 13.3. The van der Waals surface area contributed by atoms with Gasteiger partial charge in [0.05, 0.1) is 16.8 Å². The Labute approximate surface area is 229 Å². The standard InChI is InChI=1S/C26H23Cl2N3O4S2/c1-26(2)8-9-31(37(3,33)34)20-10-15-11-22(36-21(15)14-19(20)26)25(32)29-17-12-23(28)30-24(13-17)35-18-6-4-16(27)5-7-18/h4-7,10-14H,8-9H2,1-3H3,(H,29,30,32). The maximum Gasteiger partial charge on any atom is 0.265 e. The van der Waals surface area contributed by atoms with Crippen molar-refractivity contribution in [2.24, 2.45) is 0 Å². The van der Waals surface area contributed by atoms with Crippen LogP contribution in [0.5, 0.6) is 11.6 Å². The summed E-state index contributed by atoms with van der Waals surface area (Å²) in [7, 11) is -3.42. The second-order valence-electron chi connectivity index (χ2n) is 9.51. The topological polar surface area (TPSA) is 88.6 Å². The molecule has 11 heteroatoms. The molecule has 0 atom stereocenters. The number of rotatable bonds is 5. The van der Waals surface area contributed by atoms with Crippen molar-refractivity contribution < 1.29 is 17.9 Å². The van der Waals surface area contributed by atoms with Gasteiger partial charge in [-0.25, -0.2) is 13.4 Å². The van der Waals surface area contributed by atoms with Crippen LogP contribution in [0.3, 0.4) is 0 Å². The van der Waals surface area contributed by atoms with Gasteiger partial charge >= 0.3 is 0 Å². The third kappa shape index (κ3) is 5.40. The number of pyridine rings is 1. The van der Waals surface area contributed by atoms with Gasteiger partial charge in [-0.2, -0.15) is 0 Å². The normalized spacial score (nSPS) is 14.9. The molecule has 4 aromatic rings. The summed E-state index contributed by atoms with van der Waals surface area (Å²) in [6.45, 7) is 4.63. The fourth-order valence-corrected chi connectivity index (χ4v) is 6.57. The van der Waals surface area contributed by atoms with E-state index in [-0.39, 0.29) is 22.4 Å². The summed E-state index contributed by atoms with van der Waals surface area (Å²) in [6.07, 6.45) is 1.93. The van der Waals surface area contributed by atoms with E-state index < -0.39 is 10.0 Å². The van der Waals surface area contributed by atoms with Crippen molar-refractivity contribution in [2.45, 2.75) is 25.7 Å². The molecular formula is C26H23Cl2N3O4S2. The Balaban J connectivity index is 1.44. The lowest BCUT2D eigenvalue weighted by atomic mass is 9.78. The number of carbonyl (C=O) groups excluding carboxylic acids is 1. The predicted molar refractivity (Wildman–Crippen MR) is 150 cm³/mol. The van der Waals surface area contributed by atoms with E-state index in [2.05, 4.69) is 24.1 Å². The van der Waals surface area contributed by atoms with Crippen LogP contribution >= 0.6 is 34.5 Å². The largest absolute Gasteiger partial charge is 0.439 e. The third-order valence-corrected chi connectivity index (χ3v) is 8.98. The van der Waals surface area contributed by atoms with Gasteiger partial charge in [0.2, 0.25) is 15.9 Å². The molecule has 1 aliphatic rings. The Bertz CT molecular complexity index is 1630. The highest BCUT2D eigenvalue weighted by molar-refractivity contribution is 7.92. The van der Waals surface area contributed by atoms with Crippen LogP contribution in [0.4, 0.5) is 11.4 Å². The van der Waals surface area contributed by atoms with Crippen molar-refractivity contribution >= 4 is 71.9 Å². The molecule has 1 aliphatic heterocycles. The lowest BCUT2D eigenvalue weighted by Gasteiger charge is -2.39. The van der Waals surface area contributed by atoms with Gasteiger partial charge in [-0.1, -0.05) is 37.0 Å². The van der Waals surface area contributed by atoms with E-state index >= 15 is 0 Å². The maximum absolute atomic E-state index is 13.1. The van der Waals surface area contributed by atoms with Crippen molar-refractivity contribution in [3.8, 4) is 11.6 Å². The summed E-state index contributed by atoms with van der Waals surface area (Å²) in [5.41, 5.74) is 1.86. The highest BCUT2D eigenvalue weighted by Crippen LogP contribution is 2.44. The first-order valence-corrected chi connectivity index (χ1v) is 14.8. The molecule has 0 bridgehead atoms. The SMILES string of the molecule is CC1(C)CCN(S(C)(=O)=O)c2cc3cc(C(=O)Nc4cc(Cl)nc(Oc5ccc(Cl)cc5)c4)sc3cc21. The molecule has 0 saturated carbocycles. The van der Waals surface area contributed by atoms with Crippen LogP contribution in [-0.2, 0) is 15.4 Å². The number of hydrogen-bond acceptors (Lipinski definition) is 6. The molecule has 1 amide bonds. The molecule has 0 unspecified atom stereocenters. The van der Waals surface area contributed by atoms with Gasteiger partial charge in [-0.15, -0.1) is 11.3 Å². The van der Waals surface area contributed by atoms with Crippen LogP contribution in [0.2, 0.25) is 10.2 Å². The molecule has 0 saturated heterocycles. The fourth-order valence-electron chi connectivity index (χ4n) is 4.33. The second kappa shape index (κ2) is 9.47. The summed E-state index contributed by atoms with van der Waals surface area (Å²) < 4.78 is 33.0. The summed E-state index contributed by atoms with van der Waals surface area (Å²) in [6, 6.07) is 15.5. The number of fused-ring (bicyclic) bond motifs is 2. The summed E-state index contributed by atoms with van der Waals surface area (Å²) in [5, 5.41) is 4.40. The number of nitrogens with one attached hydrogen (secondary N) is 1. The van der Waals surface area contributed by atoms with Crippen molar-refractivity contribution in [1.29, 1.82) is 0 Å². The maximum atomic E-state index is 13.1. The molecular weight excluding hydrogens is 553 g/mol. The number of ether oxygens (including phenoxy) is 1. The van der Waals surface area contributed by atoms with Gasteiger partial charge in [0, 0.05) is 28.0 Å². The van der Waals surface area contributed by atoms with Gasteiger partial charge in [-0.3, -0.25) is 9.10 Å². The molecule has 1 N–H and O–H groups in total. The van der Waals surface area contributed by atoms with Gasteiger partial charge in [0.1, 0.15) is 10.9 Å². The molecule has 0 fully saturated rings. The highest BCUT2D eigenvalue weighted by Gasteiger charge is 2.35. The Kier molecular flexibility index (Phi) is 6.60. The third-order valence-electron chi connectivity index (χ3n) is 6.26. The van der Waals surface area contributed by atoms with E-state index in [4.69, 9.17) is 27.9 Å². The Morgan fingerprint density at radius 3 is 2.54 bits per heavy atom. The molecule has 7 nitrogen and oxygen atoms in total. The summed E-state index contributed by atoms with van der Waals surface area (Å²) in [4.78, 5) is 17.8. The zero-order valence-electron chi connectivity index (χ0n) is 20.2. The first-order chi connectivity index (χ1) is 17.4. The monoisotopic (exact) mass is 575 g/mol. The average Bonchev–Trinajstić information content (AvgIpc) is 3.22. The van der Waals surface area contributed by atoms with E-state index in [1.54, 1.807) is 36.4 Å². The van der Waals surface area contributed by atoms with Crippen molar-refractivity contribution in [1.82, 2.24) is 4.98 Å². The molecule has 2 aromatic carbocycles. The minimum absolute atomic E-state index is 0.161. The van der Waals surface area contributed by atoms with Crippen LogP contribution in [-0.4, -0.2) is 32.1 Å². The molecule has 2 aromatic heterocycles. The summed E-state index contributed by atoms with van der Waals surface area (Å²) >= 11 is 13.4. The Hall–Kier alpha value is -2.85. The van der Waals surface area contributed by atoms with E-state index in [9.17, 15) is 13.2 Å². The molecule has 0 spiro atoms. The van der Waals surface area contributed by atoms with Crippen molar-refractivity contribution in [2.75, 3.05) is 22.4 Å². The average molecular weight is 577 g/mol. The number of nitrogens with zero attached hydrogens (tertiary/aromatic N) is 2. The van der Waals surface area contributed by atoms with Gasteiger partial charge in [0.25, 0.3) is 5.91 Å². The molecule has 0 aliphatic carbocycles. The molecule has 3 heterocycles. The zero-order chi connectivity index (χ0) is 26.5. The Morgan fingerprint density at radius 1 is 1.11 bits per heavy atom. The number of benzene rings is 2. The van der Waals surface area contributed by atoms with Crippen LogP contribution < -0.4 is 14.4 Å². The summed E-state index contributed by atoms with van der Waals surface area (Å²) in [5.74, 6) is 0.423. The first-order valence-electron chi connectivity index (χ1n) is 11.4. The quantitative estimate of drug-likeness (QED) is 0.256. The molecule has 5 rings (SSSR count). The molecule has 37 heavy (non-hydrogen) atoms. The van der Waals surface area contributed by atoms with E-state index in [0.717, 1.165) is 15.6 Å². The number of thiophene rings is 1. The molecule has 0 radical (unpaired) electrons. The minimum atomic E-state index is -3.42. The van der Waals surface area contributed by atoms with Crippen LogP contribution in [0, 0.1) is 0 Å². The van der Waals surface area contributed by atoms with Crippen molar-refractivity contribution in [3.63, 3.8) is 0 Å². The van der Waals surface area contributed by atoms with E-state index in [1.807, 2.05) is 12.1 Å². The lowest BCUT2D eigenvalue weighted by Crippen LogP contribution is -2.40. The van der Waals surface area contributed by atoms with Crippen molar-refractivity contribution in [3.05, 3.63) is 75.2 Å².